The Morgan fingerprint density at radius 1 is 1.27 bits per heavy atom. The Labute approximate surface area is 157 Å². The van der Waals surface area contributed by atoms with E-state index in [1.807, 2.05) is 18.3 Å². The van der Waals surface area contributed by atoms with Gasteiger partial charge in [-0.25, -0.2) is 9.98 Å². The van der Waals surface area contributed by atoms with Crippen molar-refractivity contribution < 1.29 is 4.74 Å². The molecule has 26 heavy (non-hydrogen) atoms. The van der Waals surface area contributed by atoms with E-state index in [0.717, 1.165) is 43.7 Å². The van der Waals surface area contributed by atoms with Crippen molar-refractivity contribution in [2.45, 2.75) is 45.6 Å². The number of aromatic nitrogens is 1. The third kappa shape index (κ3) is 6.83. The number of nitrogens with zero attached hydrogens (tertiary/aromatic N) is 3. The fourth-order valence-electron chi connectivity index (χ4n) is 3.14. The summed E-state index contributed by atoms with van der Waals surface area (Å²) in [5, 5.41) is 6.78. The molecule has 0 spiro atoms. The van der Waals surface area contributed by atoms with Crippen LogP contribution in [0.5, 0.6) is 5.88 Å². The molecular formula is C20H33N5O. The van der Waals surface area contributed by atoms with E-state index < -0.39 is 0 Å². The highest BCUT2D eigenvalue weighted by Crippen LogP contribution is 2.29. The van der Waals surface area contributed by atoms with Crippen LogP contribution in [0, 0.1) is 5.92 Å². The van der Waals surface area contributed by atoms with E-state index in [4.69, 9.17) is 9.73 Å². The maximum absolute atomic E-state index is 5.76. The van der Waals surface area contributed by atoms with Gasteiger partial charge in [0.05, 0.1) is 13.2 Å². The predicted molar refractivity (Wildman–Crippen MR) is 106 cm³/mol. The van der Waals surface area contributed by atoms with Crippen molar-refractivity contribution in [1.29, 1.82) is 0 Å². The van der Waals surface area contributed by atoms with Gasteiger partial charge in [-0.1, -0.05) is 6.42 Å². The molecule has 0 unspecified atom stereocenters. The summed E-state index contributed by atoms with van der Waals surface area (Å²) >= 11 is 0. The molecule has 1 saturated heterocycles. The average molecular weight is 360 g/mol. The first-order valence-electron chi connectivity index (χ1n) is 10.2. The summed E-state index contributed by atoms with van der Waals surface area (Å²) in [6, 6.07) is 4.01. The normalized spacial score (nSPS) is 18.6. The maximum atomic E-state index is 5.76. The lowest BCUT2D eigenvalue weighted by molar-refractivity contribution is 0.232. The van der Waals surface area contributed by atoms with Gasteiger partial charge in [0.1, 0.15) is 0 Å². The molecular weight excluding hydrogens is 326 g/mol. The standard InChI is InChI=1S/C20H33N5O/c1-2-21-20(23-10-13-25-11-4-3-5-12-25)24-15-18-8-9-22-19(14-18)26-16-17-6-7-17/h8-9,14,17H,2-7,10-13,15-16H2,1H3,(H2,21,23,24). The van der Waals surface area contributed by atoms with Gasteiger partial charge >= 0.3 is 0 Å². The van der Waals surface area contributed by atoms with Crippen LogP contribution in [0.25, 0.3) is 0 Å². The summed E-state index contributed by atoms with van der Waals surface area (Å²) in [4.78, 5) is 11.5. The molecule has 1 aromatic rings. The van der Waals surface area contributed by atoms with E-state index in [9.17, 15) is 0 Å². The average Bonchev–Trinajstić information content (AvgIpc) is 3.50. The minimum atomic E-state index is 0.626. The molecule has 2 aliphatic rings. The fourth-order valence-corrected chi connectivity index (χ4v) is 3.14. The summed E-state index contributed by atoms with van der Waals surface area (Å²) in [7, 11) is 0. The van der Waals surface area contributed by atoms with Crippen LogP contribution in [-0.2, 0) is 6.54 Å². The van der Waals surface area contributed by atoms with Gasteiger partial charge in [-0.05, 0) is 63.2 Å². The van der Waals surface area contributed by atoms with Gasteiger partial charge in [0.15, 0.2) is 5.96 Å². The van der Waals surface area contributed by atoms with Gasteiger partial charge in [-0.15, -0.1) is 0 Å². The Hall–Kier alpha value is -1.82. The first-order valence-corrected chi connectivity index (χ1v) is 10.2. The minimum absolute atomic E-state index is 0.626. The Kier molecular flexibility index (Phi) is 7.55. The number of ether oxygens (including phenoxy) is 1. The Morgan fingerprint density at radius 3 is 2.88 bits per heavy atom. The van der Waals surface area contributed by atoms with Crippen LogP contribution in [0.1, 0.15) is 44.6 Å². The molecule has 6 heteroatoms. The summed E-state index contributed by atoms with van der Waals surface area (Å²) in [6.07, 6.45) is 8.44. The lowest BCUT2D eigenvalue weighted by atomic mass is 10.1. The highest BCUT2D eigenvalue weighted by Gasteiger charge is 2.22. The Morgan fingerprint density at radius 2 is 2.12 bits per heavy atom. The number of pyridine rings is 1. The van der Waals surface area contributed by atoms with Crippen molar-refractivity contribution in [3.05, 3.63) is 23.9 Å². The Balaban J connectivity index is 1.45. The first kappa shape index (κ1) is 19.0. The molecule has 0 aromatic carbocycles. The number of rotatable bonds is 9. The molecule has 1 aromatic heterocycles. The number of hydrogen-bond donors (Lipinski definition) is 2. The SMILES string of the molecule is CCNC(=NCc1ccnc(OCC2CC2)c1)NCCN1CCCCC1. The van der Waals surface area contributed by atoms with Crippen molar-refractivity contribution in [1.82, 2.24) is 20.5 Å². The second kappa shape index (κ2) is 10.4. The molecule has 0 amide bonds. The van der Waals surface area contributed by atoms with E-state index in [2.05, 4.69) is 27.4 Å². The quantitative estimate of drug-likeness (QED) is 0.524. The molecule has 2 fully saturated rings. The topological polar surface area (TPSA) is 61.8 Å². The van der Waals surface area contributed by atoms with Gasteiger partial charge in [-0.2, -0.15) is 0 Å². The van der Waals surface area contributed by atoms with Crippen LogP contribution in [0.15, 0.2) is 23.3 Å². The van der Waals surface area contributed by atoms with E-state index in [-0.39, 0.29) is 0 Å². The smallest absolute Gasteiger partial charge is 0.213 e. The van der Waals surface area contributed by atoms with Crippen LogP contribution in [0.4, 0.5) is 0 Å². The number of aliphatic imine (C=N–C) groups is 1. The van der Waals surface area contributed by atoms with Crippen molar-refractivity contribution in [3.63, 3.8) is 0 Å². The molecule has 2 heterocycles. The molecule has 6 nitrogen and oxygen atoms in total. The highest BCUT2D eigenvalue weighted by atomic mass is 16.5. The lowest BCUT2D eigenvalue weighted by Crippen LogP contribution is -2.42. The number of hydrogen-bond acceptors (Lipinski definition) is 4. The van der Waals surface area contributed by atoms with E-state index in [1.165, 1.54) is 45.2 Å². The maximum Gasteiger partial charge on any atom is 0.213 e. The Bertz CT molecular complexity index is 567. The van der Waals surface area contributed by atoms with Gasteiger partial charge in [0, 0.05) is 31.9 Å². The highest BCUT2D eigenvalue weighted by molar-refractivity contribution is 5.79. The molecule has 3 rings (SSSR count). The van der Waals surface area contributed by atoms with E-state index in [1.54, 1.807) is 0 Å². The van der Waals surface area contributed by atoms with Crippen molar-refractivity contribution in [2.24, 2.45) is 10.9 Å². The van der Waals surface area contributed by atoms with Gasteiger partial charge in [0.25, 0.3) is 0 Å². The van der Waals surface area contributed by atoms with Crippen LogP contribution < -0.4 is 15.4 Å². The van der Waals surface area contributed by atoms with Crippen LogP contribution in [0.2, 0.25) is 0 Å². The summed E-state index contributed by atoms with van der Waals surface area (Å²) < 4.78 is 5.76. The fraction of sp³-hybridized carbons (Fsp3) is 0.700. The summed E-state index contributed by atoms with van der Waals surface area (Å²) in [6.45, 7) is 8.85. The molecule has 0 bridgehead atoms. The number of nitrogens with one attached hydrogen (secondary N) is 2. The molecule has 1 aliphatic heterocycles. The second-order valence-electron chi connectivity index (χ2n) is 7.28. The molecule has 0 radical (unpaired) electrons. The van der Waals surface area contributed by atoms with Crippen LogP contribution in [-0.4, -0.2) is 55.2 Å². The van der Waals surface area contributed by atoms with Crippen LogP contribution >= 0.6 is 0 Å². The number of piperidine rings is 1. The number of likely N-dealkylation sites (tertiary alicyclic amines) is 1. The largest absolute Gasteiger partial charge is 0.477 e. The molecule has 2 N–H and O–H groups in total. The molecule has 144 valence electrons. The third-order valence-corrected chi connectivity index (χ3v) is 4.90. The van der Waals surface area contributed by atoms with Crippen molar-refractivity contribution >= 4 is 5.96 Å². The van der Waals surface area contributed by atoms with Crippen LogP contribution in [0.3, 0.4) is 0 Å². The molecule has 0 atom stereocenters. The molecule has 1 saturated carbocycles. The van der Waals surface area contributed by atoms with Gasteiger partial charge in [0.2, 0.25) is 5.88 Å². The predicted octanol–water partition coefficient (Wildman–Crippen LogP) is 2.41. The summed E-state index contributed by atoms with van der Waals surface area (Å²) in [5.74, 6) is 2.33. The third-order valence-electron chi connectivity index (χ3n) is 4.90. The zero-order chi connectivity index (χ0) is 18.0. The zero-order valence-corrected chi connectivity index (χ0v) is 16.0. The lowest BCUT2D eigenvalue weighted by Gasteiger charge is -2.26. The minimum Gasteiger partial charge on any atom is -0.477 e. The summed E-state index contributed by atoms with van der Waals surface area (Å²) in [5.41, 5.74) is 1.12. The van der Waals surface area contributed by atoms with Crippen molar-refractivity contribution in [2.75, 3.05) is 39.3 Å². The second-order valence-corrected chi connectivity index (χ2v) is 7.28. The van der Waals surface area contributed by atoms with E-state index >= 15 is 0 Å². The zero-order valence-electron chi connectivity index (χ0n) is 16.0. The van der Waals surface area contributed by atoms with Gasteiger partial charge < -0.3 is 20.3 Å². The van der Waals surface area contributed by atoms with Gasteiger partial charge in [-0.3, -0.25) is 0 Å². The molecule has 1 aliphatic carbocycles. The monoisotopic (exact) mass is 359 g/mol. The number of guanidine groups is 1. The van der Waals surface area contributed by atoms with Crippen molar-refractivity contribution in [3.8, 4) is 5.88 Å². The van der Waals surface area contributed by atoms with E-state index in [0.29, 0.717) is 12.4 Å². The first-order chi connectivity index (χ1) is 12.8.